The van der Waals surface area contributed by atoms with Gasteiger partial charge >= 0.3 is 0 Å². The third-order valence-electron chi connectivity index (χ3n) is 6.15. The van der Waals surface area contributed by atoms with Crippen molar-refractivity contribution in [1.29, 1.82) is 0 Å². The number of halogens is 1. The van der Waals surface area contributed by atoms with Gasteiger partial charge in [0.25, 0.3) is 0 Å². The van der Waals surface area contributed by atoms with Gasteiger partial charge in [0.15, 0.2) is 5.96 Å². The van der Waals surface area contributed by atoms with Crippen molar-refractivity contribution >= 4 is 29.9 Å². The third-order valence-corrected chi connectivity index (χ3v) is 6.15. The first-order valence-corrected chi connectivity index (χ1v) is 11.3. The van der Waals surface area contributed by atoms with E-state index in [-0.39, 0.29) is 29.4 Å². The van der Waals surface area contributed by atoms with Crippen LogP contribution in [-0.4, -0.2) is 87.9 Å². The molecule has 2 N–H and O–H groups in total. The predicted octanol–water partition coefficient (Wildman–Crippen LogP) is 2.88. The summed E-state index contributed by atoms with van der Waals surface area (Å²) in [5.74, 6) is 2.06. The van der Waals surface area contributed by atoms with E-state index >= 15 is 0 Å². The van der Waals surface area contributed by atoms with E-state index in [0.717, 1.165) is 38.6 Å². The van der Waals surface area contributed by atoms with E-state index in [1.807, 2.05) is 7.05 Å². The van der Waals surface area contributed by atoms with E-state index in [4.69, 9.17) is 4.74 Å². The second kappa shape index (κ2) is 13.3. The molecule has 2 fully saturated rings. The molecule has 0 aliphatic carbocycles. The van der Waals surface area contributed by atoms with E-state index in [9.17, 15) is 0 Å². The Kier molecular flexibility index (Phi) is 12.4. The molecule has 6 nitrogen and oxygen atoms in total. The normalized spacial score (nSPS) is 25.9. The summed E-state index contributed by atoms with van der Waals surface area (Å²) in [5, 5.41) is 7.09. The monoisotopic (exact) mass is 523 g/mol. The molecule has 3 atom stereocenters. The number of likely N-dealkylation sites (N-methyl/N-ethyl adjacent to an activating group) is 1. The van der Waals surface area contributed by atoms with Gasteiger partial charge in [-0.25, -0.2) is 0 Å². The van der Waals surface area contributed by atoms with Gasteiger partial charge in [-0.3, -0.25) is 4.99 Å². The van der Waals surface area contributed by atoms with Gasteiger partial charge in [0.1, 0.15) is 0 Å². The minimum Gasteiger partial charge on any atom is -0.377 e. The Morgan fingerprint density at radius 3 is 2.38 bits per heavy atom. The lowest BCUT2D eigenvalue weighted by atomic mass is 9.78. The quantitative estimate of drug-likeness (QED) is 0.306. The molecule has 2 saturated heterocycles. The SMILES string of the molecule is CCN1CCN(CC(C)CNC(=NC)NCC2CCCOC2C(C)(C)C)CC1.I. The molecule has 0 bridgehead atoms. The van der Waals surface area contributed by atoms with Gasteiger partial charge in [-0.05, 0) is 30.7 Å². The summed E-state index contributed by atoms with van der Waals surface area (Å²) < 4.78 is 6.11. The van der Waals surface area contributed by atoms with Crippen molar-refractivity contribution in [1.82, 2.24) is 20.4 Å². The fourth-order valence-electron chi connectivity index (χ4n) is 4.52. The third kappa shape index (κ3) is 9.27. The van der Waals surface area contributed by atoms with Gasteiger partial charge in [-0.15, -0.1) is 24.0 Å². The van der Waals surface area contributed by atoms with Crippen LogP contribution in [-0.2, 0) is 4.74 Å². The molecule has 0 radical (unpaired) electrons. The Hall–Kier alpha value is -0.120. The van der Waals surface area contributed by atoms with E-state index in [0.29, 0.717) is 17.9 Å². The minimum atomic E-state index is 0. The molecule has 0 amide bonds. The predicted molar refractivity (Wildman–Crippen MR) is 134 cm³/mol. The number of nitrogens with one attached hydrogen (secondary N) is 2. The van der Waals surface area contributed by atoms with E-state index in [1.54, 1.807) is 0 Å². The van der Waals surface area contributed by atoms with Crippen molar-refractivity contribution in [3.8, 4) is 0 Å². The Labute approximate surface area is 196 Å². The van der Waals surface area contributed by atoms with Crippen molar-refractivity contribution in [2.24, 2.45) is 22.2 Å². The van der Waals surface area contributed by atoms with Crippen molar-refractivity contribution in [3.05, 3.63) is 0 Å². The number of aliphatic imine (C=N–C) groups is 1. The van der Waals surface area contributed by atoms with Crippen molar-refractivity contribution in [2.75, 3.05) is 66.0 Å². The van der Waals surface area contributed by atoms with Crippen LogP contribution in [0.15, 0.2) is 4.99 Å². The second-order valence-corrected chi connectivity index (χ2v) is 9.73. The first-order chi connectivity index (χ1) is 13.3. The van der Waals surface area contributed by atoms with Gasteiger partial charge in [-0.1, -0.05) is 34.6 Å². The van der Waals surface area contributed by atoms with Crippen LogP contribution in [0.25, 0.3) is 0 Å². The highest BCUT2D eigenvalue weighted by molar-refractivity contribution is 14.0. The van der Waals surface area contributed by atoms with Gasteiger partial charge in [-0.2, -0.15) is 0 Å². The lowest BCUT2D eigenvalue weighted by molar-refractivity contribution is -0.0835. The maximum atomic E-state index is 6.11. The van der Waals surface area contributed by atoms with Gasteiger partial charge in [0.2, 0.25) is 0 Å². The molecule has 0 saturated carbocycles. The maximum absolute atomic E-state index is 6.11. The molecule has 3 unspecified atom stereocenters. The standard InChI is InChI=1S/C22H45N5O.HI/c1-7-26-10-12-27(13-11-26)17-18(2)15-24-21(23-6)25-16-19-9-8-14-28-20(19)22(3,4)5;/h18-20H,7-17H2,1-6H3,(H2,23,24,25);1H. The zero-order valence-corrected chi connectivity index (χ0v) is 22.0. The number of piperazine rings is 1. The van der Waals surface area contributed by atoms with Crippen LogP contribution in [0.5, 0.6) is 0 Å². The van der Waals surface area contributed by atoms with Crippen LogP contribution < -0.4 is 10.6 Å². The van der Waals surface area contributed by atoms with Gasteiger partial charge in [0, 0.05) is 65.4 Å². The molecule has 7 heteroatoms. The minimum absolute atomic E-state index is 0. The van der Waals surface area contributed by atoms with Gasteiger partial charge in [0.05, 0.1) is 6.10 Å². The summed E-state index contributed by atoms with van der Waals surface area (Å²) in [6.45, 7) is 21.3. The molecular weight excluding hydrogens is 477 g/mol. The summed E-state index contributed by atoms with van der Waals surface area (Å²) in [5.41, 5.74) is 0.181. The molecule has 0 aromatic rings. The zero-order valence-electron chi connectivity index (χ0n) is 19.7. The highest BCUT2D eigenvalue weighted by atomic mass is 127. The maximum Gasteiger partial charge on any atom is 0.190 e. The molecule has 0 spiro atoms. The highest BCUT2D eigenvalue weighted by Gasteiger charge is 2.35. The lowest BCUT2D eigenvalue weighted by Gasteiger charge is -2.40. The lowest BCUT2D eigenvalue weighted by Crippen LogP contribution is -2.49. The van der Waals surface area contributed by atoms with Crippen LogP contribution in [0.1, 0.15) is 47.5 Å². The summed E-state index contributed by atoms with van der Waals surface area (Å²) >= 11 is 0. The molecule has 2 aliphatic rings. The average molecular weight is 524 g/mol. The zero-order chi connectivity index (χ0) is 20.6. The molecule has 2 heterocycles. The first kappa shape index (κ1) is 26.9. The number of hydrogen-bond acceptors (Lipinski definition) is 4. The molecule has 0 aromatic heterocycles. The Morgan fingerprint density at radius 2 is 1.79 bits per heavy atom. The van der Waals surface area contributed by atoms with E-state index in [1.165, 1.54) is 39.1 Å². The van der Waals surface area contributed by atoms with E-state index in [2.05, 4.69) is 60.0 Å². The fourth-order valence-corrected chi connectivity index (χ4v) is 4.52. The summed E-state index contributed by atoms with van der Waals surface area (Å²) in [7, 11) is 1.86. The smallest absolute Gasteiger partial charge is 0.190 e. The van der Waals surface area contributed by atoms with Crippen molar-refractivity contribution in [2.45, 2.75) is 53.6 Å². The van der Waals surface area contributed by atoms with Crippen LogP contribution in [0, 0.1) is 17.3 Å². The Balaban J connectivity index is 0.00000420. The van der Waals surface area contributed by atoms with E-state index < -0.39 is 0 Å². The number of ether oxygens (including phenoxy) is 1. The van der Waals surface area contributed by atoms with Crippen LogP contribution >= 0.6 is 24.0 Å². The number of rotatable bonds is 7. The largest absolute Gasteiger partial charge is 0.377 e. The Bertz CT molecular complexity index is 474. The molecule has 2 rings (SSSR count). The number of hydrogen-bond donors (Lipinski definition) is 2. The van der Waals surface area contributed by atoms with Crippen LogP contribution in [0.4, 0.5) is 0 Å². The van der Waals surface area contributed by atoms with Crippen LogP contribution in [0.3, 0.4) is 0 Å². The highest BCUT2D eigenvalue weighted by Crippen LogP contribution is 2.33. The topological polar surface area (TPSA) is 52.1 Å². The number of guanidine groups is 1. The summed E-state index contributed by atoms with van der Waals surface area (Å²) in [6, 6.07) is 0. The molecule has 2 aliphatic heterocycles. The summed E-state index contributed by atoms with van der Waals surface area (Å²) in [6.07, 6.45) is 2.70. The average Bonchev–Trinajstić information content (AvgIpc) is 2.68. The first-order valence-electron chi connectivity index (χ1n) is 11.3. The fraction of sp³-hybridized carbons (Fsp3) is 0.955. The van der Waals surface area contributed by atoms with Crippen LogP contribution in [0.2, 0.25) is 0 Å². The molecule has 0 aromatic carbocycles. The summed E-state index contributed by atoms with van der Waals surface area (Å²) in [4.78, 5) is 9.56. The Morgan fingerprint density at radius 1 is 1.14 bits per heavy atom. The van der Waals surface area contributed by atoms with Gasteiger partial charge < -0.3 is 25.2 Å². The van der Waals surface area contributed by atoms with Crippen molar-refractivity contribution in [3.63, 3.8) is 0 Å². The molecule has 29 heavy (non-hydrogen) atoms. The molecule has 172 valence electrons. The number of nitrogens with zero attached hydrogens (tertiary/aromatic N) is 3. The van der Waals surface area contributed by atoms with Crippen molar-refractivity contribution < 1.29 is 4.74 Å². The molecular formula is C22H46IN5O. The second-order valence-electron chi connectivity index (χ2n) is 9.73.